The molecule has 6 heteroatoms. The third-order valence-electron chi connectivity index (χ3n) is 1.55. The molecule has 0 spiro atoms. The maximum absolute atomic E-state index is 11.0. The Morgan fingerprint density at radius 1 is 0.933 bits per heavy atom. The summed E-state index contributed by atoms with van der Waals surface area (Å²) in [6, 6.07) is 0. The Labute approximate surface area is 88.4 Å². The van der Waals surface area contributed by atoms with Crippen molar-refractivity contribution in [1.29, 1.82) is 0 Å². The van der Waals surface area contributed by atoms with E-state index in [2.05, 4.69) is 18.9 Å². The first-order valence-electron chi connectivity index (χ1n) is 4.44. The van der Waals surface area contributed by atoms with Gasteiger partial charge in [0.05, 0.1) is 0 Å². The van der Waals surface area contributed by atoms with Crippen LogP contribution in [0.3, 0.4) is 0 Å². The molecule has 0 aliphatic rings. The number of rotatable bonds is 6. The molecular formula is C9H16O6. The number of esters is 2. The van der Waals surface area contributed by atoms with E-state index >= 15 is 0 Å². The van der Waals surface area contributed by atoms with Gasteiger partial charge in [-0.2, -0.15) is 0 Å². The van der Waals surface area contributed by atoms with Crippen molar-refractivity contribution in [3.05, 3.63) is 0 Å². The Morgan fingerprint density at radius 2 is 1.27 bits per heavy atom. The lowest BCUT2D eigenvalue weighted by molar-refractivity contribution is -0.181. The van der Waals surface area contributed by atoms with E-state index in [-0.39, 0.29) is 0 Å². The molecule has 0 saturated heterocycles. The molecule has 0 bridgehead atoms. The van der Waals surface area contributed by atoms with Crippen LogP contribution >= 0.6 is 0 Å². The smallest absolute Gasteiger partial charge is 0.319 e. The van der Waals surface area contributed by atoms with E-state index < -0.39 is 30.9 Å². The zero-order valence-electron chi connectivity index (χ0n) is 9.31. The van der Waals surface area contributed by atoms with Crippen LogP contribution < -0.4 is 0 Å². The van der Waals surface area contributed by atoms with Gasteiger partial charge in [-0.25, -0.2) is 0 Å². The molecular weight excluding hydrogens is 204 g/mol. The molecule has 2 unspecified atom stereocenters. The molecule has 0 rings (SSSR count). The molecule has 2 atom stereocenters. The molecule has 0 aliphatic carbocycles. The van der Waals surface area contributed by atoms with E-state index in [0.717, 1.165) is 0 Å². The van der Waals surface area contributed by atoms with E-state index in [1.807, 2.05) is 0 Å². The van der Waals surface area contributed by atoms with Crippen molar-refractivity contribution in [1.82, 2.24) is 0 Å². The van der Waals surface area contributed by atoms with Crippen LogP contribution in [0.5, 0.6) is 0 Å². The predicted molar refractivity (Wildman–Crippen MR) is 49.7 cm³/mol. The van der Waals surface area contributed by atoms with E-state index in [9.17, 15) is 9.59 Å². The maximum atomic E-state index is 11.0. The van der Waals surface area contributed by atoms with Gasteiger partial charge in [0.15, 0.2) is 12.6 Å². The fraction of sp³-hybridized carbons (Fsp3) is 0.778. The molecule has 88 valence electrons. The van der Waals surface area contributed by atoms with Crippen LogP contribution in [-0.4, -0.2) is 38.7 Å². The third kappa shape index (κ3) is 6.87. The van der Waals surface area contributed by atoms with Crippen LogP contribution in [0.4, 0.5) is 0 Å². The summed E-state index contributed by atoms with van der Waals surface area (Å²) in [5, 5.41) is 0. The van der Waals surface area contributed by atoms with Crippen molar-refractivity contribution in [2.75, 3.05) is 14.2 Å². The number of carbonyl (C=O) groups excluding carboxylic acids is 2. The zero-order valence-corrected chi connectivity index (χ0v) is 9.31. The first kappa shape index (κ1) is 13.9. The van der Waals surface area contributed by atoms with Crippen molar-refractivity contribution in [2.24, 2.45) is 0 Å². The predicted octanol–water partition coefficient (Wildman–Crippen LogP) is 0.448. The molecule has 0 saturated carbocycles. The second kappa shape index (κ2) is 7.19. The largest absolute Gasteiger partial charge is 0.436 e. The highest BCUT2D eigenvalue weighted by Crippen LogP contribution is 1.99. The van der Waals surface area contributed by atoms with Crippen LogP contribution in [0.15, 0.2) is 0 Å². The highest BCUT2D eigenvalue weighted by molar-refractivity contribution is 5.91. The van der Waals surface area contributed by atoms with Crippen LogP contribution in [0.2, 0.25) is 0 Å². The van der Waals surface area contributed by atoms with Gasteiger partial charge in [0, 0.05) is 14.2 Å². The quantitative estimate of drug-likeness (QED) is 0.367. The highest BCUT2D eigenvalue weighted by atomic mass is 16.7. The molecule has 0 aromatic carbocycles. The number of ether oxygens (including phenoxy) is 4. The second-order valence-corrected chi connectivity index (χ2v) is 2.76. The van der Waals surface area contributed by atoms with Gasteiger partial charge in [0.1, 0.15) is 6.42 Å². The summed E-state index contributed by atoms with van der Waals surface area (Å²) in [5.74, 6) is -1.39. The second-order valence-electron chi connectivity index (χ2n) is 2.76. The Morgan fingerprint density at radius 3 is 1.53 bits per heavy atom. The zero-order chi connectivity index (χ0) is 11.8. The van der Waals surface area contributed by atoms with Crippen molar-refractivity contribution >= 4 is 11.9 Å². The average Bonchev–Trinajstić information content (AvgIpc) is 2.16. The Bertz CT molecular complexity index is 193. The Balaban J connectivity index is 3.81. The molecule has 0 aliphatic heterocycles. The standard InChI is InChI=1S/C9H16O6/c1-6(12-3)14-8(10)5-9(11)15-7(2)13-4/h6-7H,5H2,1-4H3. The topological polar surface area (TPSA) is 71.1 Å². The summed E-state index contributed by atoms with van der Waals surface area (Å²) in [6.45, 7) is 3.09. The molecule has 15 heavy (non-hydrogen) atoms. The van der Waals surface area contributed by atoms with Crippen molar-refractivity contribution < 1.29 is 28.5 Å². The lowest BCUT2D eigenvalue weighted by Crippen LogP contribution is -2.23. The first-order valence-corrected chi connectivity index (χ1v) is 4.44. The van der Waals surface area contributed by atoms with Gasteiger partial charge in [-0.05, 0) is 13.8 Å². The Hall–Kier alpha value is -1.14. The van der Waals surface area contributed by atoms with Crippen LogP contribution in [0.25, 0.3) is 0 Å². The van der Waals surface area contributed by atoms with Crippen molar-refractivity contribution in [3.63, 3.8) is 0 Å². The summed E-state index contributed by atoms with van der Waals surface area (Å²) in [4.78, 5) is 22.1. The molecule has 0 radical (unpaired) electrons. The van der Waals surface area contributed by atoms with Crippen molar-refractivity contribution in [3.8, 4) is 0 Å². The van der Waals surface area contributed by atoms with Crippen molar-refractivity contribution in [2.45, 2.75) is 32.8 Å². The first-order chi connectivity index (χ1) is 6.99. The third-order valence-corrected chi connectivity index (χ3v) is 1.55. The van der Waals surface area contributed by atoms with E-state index in [1.54, 1.807) is 13.8 Å². The van der Waals surface area contributed by atoms with Gasteiger partial charge in [-0.1, -0.05) is 0 Å². The number of hydrogen-bond donors (Lipinski definition) is 0. The van der Waals surface area contributed by atoms with Gasteiger partial charge in [-0.15, -0.1) is 0 Å². The summed E-state index contributed by atoms with van der Waals surface area (Å²) in [6.07, 6.45) is -1.81. The highest BCUT2D eigenvalue weighted by Gasteiger charge is 2.16. The molecule has 0 heterocycles. The van der Waals surface area contributed by atoms with Crippen LogP contribution in [0.1, 0.15) is 20.3 Å². The van der Waals surface area contributed by atoms with Gasteiger partial charge < -0.3 is 18.9 Å². The van der Waals surface area contributed by atoms with Gasteiger partial charge >= 0.3 is 11.9 Å². The van der Waals surface area contributed by atoms with Gasteiger partial charge in [0.25, 0.3) is 0 Å². The van der Waals surface area contributed by atoms with Gasteiger partial charge in [0.2, 0.25) is 0 Å². The normalized spacial score (nSPS) is 14.1. The lowest BCUT2D eigenvalue weighted by Gasteiger charge is -2.12. The number of methoxy groups -OCH3 is 2. The van der Waals surface area contributed by atoms with Crippen LogP contribution in [0, 0.1) is 0 Å². The summed E-state index contributed by atoms with van der Waals surface area (Å²) in [7, 11) is 2.78. The number of hydrogen-bond acceptors (Lipinski definition) is 6. The average molecular weight is 220 g/mol. The lowest BCUT2D eigenvalue weighted by atomic mass is 10.4. The molecule has 0 aromatic heterocycles. The summed E-state index contributed by atoms with van der Waals surface area (Å²) < 4.78 is 18.7. The fourth-order valence-electron chi connectivity index (χ4n) is 0.668. The van der Waals surface area contributed by atoms with E-state index in [1.165, 1.54) is 14.2 Å². The Kier molecular flexibility index (Phi) is 6.64. The SMILES string of the molecule is COC(C)OC(=O)CC(=O)OC(C)OC. The summed E-state index contributed by atoms with van der Waals surface area (Å²) in [5.41, 5.74) is 0. The van der Waals surface area contributed by atoms with Gasteiger partial charge in [-0.3, -0.25) is 9.59 Å². The summed E-state index contributed by atoms with van der Waals surface area (Å²) >= 11 is 0. The van der Waals surface area contributed by atoms with Crippen LogP contribution in [-0.2, 0) is 28.5 Å². The minimum Gasteiger partial charge on any atom is -0.436 e. The molecule has 0 fully saturated rings. The monoisotopic (exact) mass is 220 g/mol. The molecule has 0 aromatic rings. The minimum absolute atomic E-state index is 0.457. The molecule has 6 nitrogen and oxygen atoms in total. The van der Waals surface area contributed by atoms with E-state index in [4.69, 9.17) is 0 Å². The maximum Gasteiger partial charge on any atom is 0.319 e. The molecule has 0 amide bonds. The number of carbonyl (C=O) groups is 2. The fourth-order valence-corrected chi connectivity index (χ4v) is 0.668. The molecule has 0 N–H and O–H groups in total. The minimum atomic E-state index is -0.697. The van der Waals surface area contributed by atoms with E-state index in [0.29, 0.717) is 0 Å².